The fourth-order valence-electron chi connectivity index (χ4n) is 2.26. The quantitative estimate of drug-likeness (QED) is 0.912. The topological polar surface area (TPSA) is 38.5 Å². The first kappa shape index (κ1) is 13.7. The summed E-state index contributed by atoms with van der Waals surface area (Å²) < 4.78 is 5.62. The van der Waals surface area contributed by atoms with Gasteiger partial charge < -0.3 is 10.5 Å². The van der Waals surface area contributed by atoms with E-state index in [-0.39, 0.29) is 6.10 Å². The SMILES string of the molecule is CC(C)Oc1ccc(CN2CC[C@H](N)C2)cc1Cl. The molecule has 2 rings (SSSR count). The molecule has 0 saturated carbocycles. The minimum Gasteiger partial charge on any atom is -0.489 e. The van der Waals surface area contributed by atoms with E-state index in [0.29, 0.717) is 11.1 Å². The second-order valence-corrected chi connectivity index (χ2v) is 5.62. The van der Waals surface area contributed by atoms with Gasteiger partial charge in [-0.25, -0.2) is 0 Å². The van der Waals surface area contributed by atoms with Crippen molar-refractivity contribution in [3.05, 3.63) is 28.8 Å². The highest BCUT2D eigenvalue weighted by Crippen LogP contribution is 2.27. The first-order valence-corrected chi connectivity index (χ1v) is 6.85. The Morgan fingerprint density at radius 1 is 1.50 bits per heavy atom. The number of ether oxygens (including phenoxy) is 1. The Balaban J connectivity index is 2.00. The summed E-state index contributed by atoms with van der Waals surface area (Å²) in [5.41, 5.74) is 7.11. The molecule has 0 aromatic heterocycles. The fraction of sp³-hybridized carbons (Fsp3) is 0.571. The molecule has 0 aliphatic carbocycles. The van der Waals surface area contributed by atoms with Crippen molar-refractivity contribution in [2.45, 2.75) is 39.0 Å². The molecule has 1 aliphatic heterocycles. The van der Waals surface area contributed by atoms with Crippen LogP contribution in [0, 0.1) is 0 Å². The van der Waals surface area contributed by atoms with Gasteiger partial charge in [0.1, 0.15) is 5.75 Å². The van der Waals surface area contributed by atoms with Crippen molar-refractivity contribution in [2.75, 3.05) is 13.1 Å². The zero-order valence-electron chi connectivity index (χ0n) is 11.0. The summed E-state index contributed by atoms with van der Waals surface area (Å²) in [6, 6.07) is 6.34. The summed E-state index contributed by atoms with van der Waals surface area (Å²) in [5.74, 6) is 0.758. The molecular formula is C14H21ClN2O. The molecule has 0 unspecified atom stereocenters. The van der Waals surface area contributed by atoms with E-state index in [4.69, 9.17) is 22.1 Å². The van der Waals surface area contributed by atoms with Gasteiger partial charge in [-0.05, 0) is 38.0 Å². The van der Waals surface area contributed by atoms with Crippen LogP contribution in [0.4, 0.5) is 0 Å². The monoisotopic (exact) mass is 268 g/mol. The number of likely N-dealkylation sites (tertiary alicyclic amines) is 1. The summed E-state index contributed by atoms with van der Waals surface area (Å²) in [4.78, 5) is 2.36. The van der Waals surface area contributed by atoms with Gasteiger partial charge in [-0.2, -0.15) is 0 Å². The van der Waals surface area contributed by atoms with Gasteiger partial charge in [0.2, 0.25) is 0 Å². The Bertz CT molecular complexity index is 409. The Morgan fingerprint density at radius 2 is 2.28 bits per heavy atom. The molecular weight excluding hydrogens is 248 g/mol. The van der Waals surface area contributed by atoms with E-state index in [0.717, 1.165) is 31.8 Å². The average molecular weight is 269 g/mol. The van der Waals surface area contributed by atoms with Gasteiger partial charge in [0.25, 0.3) is 0 Å². The molecule has 18 heavy (non-hydrogen) atoms. The number of rotatable bonds is 4. The molecule has 3 nitrogen and oxygen atoms in total. The standard InChI is InChI=1S/C14H21ClN2O/c1-10(2)18-14-4-3-11(7-13(14)15)8-17-6-5-12(16)9-17/h3-4,7,10,12H,5-6,8-9,16H2,1-2H3/t12-/m0/s1. The molecule has 1 aromatic rings. The third kappa shape index (κ3) is 3.61. The van der Waals surface area contributed by atoms with E-state index in [1.807, 2.05) is 26.0 Å². The van der Waals surface area contributed by atoms with Crippen molar-refractivity contribution in [1.29, 1.82) is 0 Å². The van der Waals surface area contributed by atoms with Crippen LogP contribution in [0.15, 0.2) is 18.2 Å². The molecule has 1 saturated heterocycles. The highest BCUT2D eigenvalue weighted by molar-refractivity contribution is 6.32. The van der Waals surface area contributed by atoms with Crippen molar-refractivity contribution < 1.29 is 4.74 Å². The van der Waals surface area contributed by atoms with Gasteiger partial charge in [0.05, 0.1) is 11.1 Å². The van der Waals surface area contributed by atoms with Crippen LogP contribution < -0.4 is 10.5 Å². The molecule has 0 spiro atoms. The van der Waals surface area contributed by atoms with Crippen molar-refractivity contribution in [2.24, 2.45) is 5.73 Å². The number of halogens is 1. The molecule has 4 heteroatoms. The third-order valence-corrected chi connectivity index (χ3v) is 3.37. The molecule has 0 bridgehead atoms. The Morgan fingerprint density at radius 3 is 2.83 bits per heavy atom. The van der Waals surface area contributed by atoms with Gasteiger partial charge >= 0.3 is 0 Å². The van der Waals surface area contributed by atoms with Gasteiger partial charge in [-0.3, -0.25) is 4.90 Å². The number of nitrogens with two attached hydrogens (primary N) is 1. The zero-order valence-corrected chi connectivity index (χ0v) is 11.8. The van der Waals surface area contributed by atoms with Gasteiger partial charge in [0, 0.05) is 25.7 Å². The summed E-state index contributed by atoms with van der Waals surface area (Å²) in [6.07, 6.45) is 1.23. The number of benzene rings is 1. The van der Waals surface area contributed by atoms with Gasteiger partial charge in [-0.15, -0.1) is 0 Å². The maximum atomic E-state index is 6.22. The molecule has 1 fully saturated rings. The maximum absolute atomic E-state index is 6.22. The van der Waals surface area contributed by atoms with Crippen LogP contribution in [0.5, 0.6) is 5.75 Å². The maximum Gasteiger partial charge on any atom is 0.138 e. The molecule has 1 aromatic carbocycles. The van der Waals surface area contributed by atoms with E-state index in [1.165, 1.54) is 5.56 Å². The largest absolute Gasteiger partial charge is 0.489 e. The van der Waals surface area contributed by atoms with E-state index in [2.05, 4.69) is 11.0 Å². The lowest BCUT2D eigenvalue weighted by Crippen LogP contribution is -2.26. The second-order valence-electron chi connectivity index (χ2n) is 5.22. The predicted molar refractivity (Wildman–Crippen MR) is 75.1 cm³/mol. The number of nitrogens with zero attached hydrogens (tertiary/aromatic N) is 1. The van der Waals surface area contributed by atoms with Crippen LogP contribution in [-0.4, -0.2) is 30.1 Å². The van der Waals surface area contributed by atoms with E-state index >= 15 is 0 Å². The van der Waals surface area contributed by atoms with Crippen LogP contribution in [0.2, 0.25) is 5.02 Å². The lowest BCUT2D eigenvalue weighted by Gasteiger charge is -2.17. The molecule has 1 atom stereocenters. The van der Waals surface area contributed by atoms with Crippen molar-refractivity contribution in [3.8, 4) is 5.75 Å². The van der Waals surface area contributed by atoms with Crippen molar-refractivity contribution in [3.63, 3.8) is 0 Å². The number of hydrogen-bond donors (Lipinski definition) is 1. The smallest absolute Gasteiger partial charge is 0.138 e. The second kappa shape index (κ2) is 5.91. The molecule has 2 N–H and O–H groups in total. The molecule has 0 amide bonds. The molecule has 1 aliphatic rings. The van der Waals surface area contributed by atoms with Crippen LogP contribution in [-0.2, 0) is 6.54 Å². The first-order chi connectivity index (χ1) is 8.54. The first-order valence-electron chi connectivity index (χ1n) is 6.47. The van der Waals surface area contributed by atoms with Crippen LogP contribution >= 0.6 is 11.6 Å². The summed E-state index contributed by atoms with van der Waals surface area (Å²) in [6.45, 7) is 6.95. The fourth-order valence-corrected chi connectivity index (χ4v) is 2.50. The highest BCUT2D eigenvalue weighted by Gasteiger charge is 2.19. The van der Waals surface area contributed by atoms with Gasteiger partial charge in [-0.1, -0.05) is 17.7 Å². The van der Waals surface area contributed by atoms with Crippen molar-refractivity contribution >= 4 is 11.6 Å². The minimum absolute atomic E-state index is 0.143. The van der Waals surface area contributed by atoms with Gasteiger partial charge in [0.15, 0.2) is 0 Å². The summed E-state index contributed by atoms with van der Waals surface area (Å²) in [7, 11) is 0. The third-order valence-electron chi connectivity index (χ3n) is 3.07. The van der Waals surface area contributed by atoms with E-state index in [9.17, 15) is 0 Å². The van der Waals surface area contributed by atoms with E-state index < -0.39 is 0 Å². The Labute approximate surface area is 114 Å². The molecule has 0 radical (unpaired) electrons. The summed E-state index contributed by atoms with van der Waals surface area (Å²) in [5, 5.41) is 0.685. The minimum atomic E-state index is 0.143. The number of hydrogen-bond acceptors (Lipinski definition) is 3. The lowest BCUT2D eigenvalue weighted by atomic mass is 10.2. The van der Waals surface area contributed by atoms with Crippen LogP contribution in [0.25, 0.3) is 0 Å². The summed E-state index contributed by atoms with van der Waals surface area (Å²) >= 11 is 6.22. The van der Waals surface area contributed by atoms with Crippen LogP contribution in [0.3, 0.4) is 0 Å². The molecule has 100 valence electrons. The zero-order chi connectivity index (χ0) is 13.1. The van der Waals surface area contributed by atoms with E-state index in [1.54, 1.807) is 0 Å². The normalized spacial score (nSPS) is 20.6. The average Bonchev–Trinajstić information content (AvgIpc) is 2.68. The Kier molecular flexibility index (Phi) is 4.49. The lowest BCUT2D eigenvalue weighted by molar-refractivity contribution is 0.242. The van der Waals surface area contributed by atoms with Crippen LogP contribution in [0.1, 0.15) is 25.8 Å². The molecule has 1 heterocycles. The Hall–Kier alpha value is -0.770. The highest BCUT2D eigenvalue weighted by atomic mass is 35.5. The van der Waals surface area contributed by atoms with Crippen molar-refractivity contribution in [1.82, 2.24) is 4.90 Å². The predicted octanol–water partition coefficient (Wildman–Crippen LogP) is 2.66.